The van der Waals surface area contributed by atoms with Crippen LogP contribution in [0.3, 0.4) is 0 Å². The Hall–Kier alpha value is -3.52. The summed E-state index contributed by atoms with van der Waals surface area (Å²) in [7, 11) is 1.66. The Morgan fingerprint density at radius 1 is 1.15 bits per heavy atom. The highest BCUT2D eigenvalue weighted by Gasteiger charge is 2.27. The van der Waals surface area contributed by atoms with E-state index in [0.29, 0.717) is 35.8 Å². The topological polar surface area (TPSA) is 67.2 Å². The molecule has 0 unspecified atom stereocenters. The number of fused-ring (bicyclic) bond motifs is 1. The molecule has 5 rings (SSSR count). The van der Waals surface area contributed by atoms with E-state index in [1.165, 1.54) is 16.7 Å². The van der Waals surface area contributed by atoms with Crippen molar-refractivity contribution in [3.8, 4) is 0 Å². The molecule has 6 nitrogen and oxygen atoms in total. The molecule has 3 heterocycles. The van der Waals surface area contributed by atoms with Gasteiger partial charge in [-0.3, -0.25) is 9.59 Å². The zero-order valence-electron chi connectivity index (χ0n) is 19.0. The maximum absolute atomic E-state index is 13.6. The number of piperidine rings is 1. The van der Waals surface area contributed by atoms with Crippen molar-refractivity contribution in [2.45, 2.75) is 25.7 Å². The largest absolute Gasteiger partial charge is 0.354 e. The number of hydrogen-bond acceptors (Lipinski definition) is 5. The number of hydrogen-bond donors (Lipinski definition) is 1. The summed E-state index contributed by atoms with van der Waals surface area (Å²) in [5.74, 6) is -0.0437. The molecule has 0 radical (unpaired) electrons. The van der Waals surface area contributed by atoms with E-state index < -0.39 is 0 Å². The molecule has 1 amide bonds. The minimum absolute atomic E-state index is 0.103. The van der Waals surface area contributed by atoms with E-state index in [-0.39, 0.29) is 17.3 Å². The second-order valence-corrected chi connectivity index (χ2v) is 9.62. The van der Waals surface area contributed by atoms with Gasteiger partial charge in [0.15, 0.2) is 0 Å². The van der Waals surface area contributed by atoms with Crippen molar-refractivity contribution in [1.29, 1.82) is 0 Å². The molecule has 1 N–H and O–H groups in total. The maximum atomic E-state index is 13.6. The molecule has 34 heavy (non-hydrogen) atoms. The number of amides is 1. The summed E-state index contributed by atoms with van der Waals surface area (Å²) in [5, 5.41) is 3.32. The fourth-order valence-corrected chi connectivity index (χ4v) is 5.27. The number of thiazole rings is 1. The number of nitrogens with one attached hydrogen (secondary N) is 1. The molecule has 0 spiro atoms. The van der Waals surface area contributed by atoms with Crippen molar-refractivity contribution < 1.29 is 9.18 Å². The lowest BCUT2D eigenvalue weighted by atomic mass is 9.89. The number of rotatable bonds is 4. The summed E-state index contributed by atoms with van der Waals surface area (Å²) in [6, 6.07) is 12.5. The minimum Gasteiger partial charge on any atom is -0.354 e. The van der Waals surface area contributed by atoms with Gasteiger partial charge in [-0.25, -0.2) is 9.37 Å². The quantitative estimate of drug-likeness (QED) is 0.439. The van der Waals surface area contributed by atoms with Crippen LogP contribution in [0.15, 0.2) is 59.0 Å². The third-order valence-corrected chi connectivity index (χ3v) is 7.37. The summed E-state index contributed by atoms with van der Waals surface area (Å²) in [4.78, 5) is 32.5. The van der Waals surface area contributed by atoms with Crippen LogP contribution >= 0.6 is 11.3 Å². The van der Waals surface area contributed by atoms with Gasteiger partial charge in [-0.1, -0.05) is 12.1 Å². The molecule has 0 bridgehead atoms. The second kappa shape index (κ2) is 9.02. The van der Waals surface area contributed by atoms with Crippen molar-refractivity contribution in [1.82, 2.24) is 14.5 Å². The smallest absolute Gasteiger partial charge is 0.257 e. The lowest BCUT2D eigenvalue weighted by Gasteiger charge is -2.33. The van der Waals surface area contributed by atoms with Crippen molar-refractivity contribution in [3.63, 3.8) is 0 Å². The number of aryl methyl sites for hydroxylation is 1. The first-order valence-corrected chi connectivity index (χ1v) is 12.1. The number of nitrogens with zero attached hydrogens (tertiary/aromatic N) is 3. The van der Waals surface area contributed by atoms with Crippen LogP contribution in [0.5, 0.6) is 0 Å². The monoisotopic (exact) mass is 476 g/mol. The number of carbonyl (C=O) groups is 1. The fourth-order valence-electron chi connectivity index (χ4n) is 4.61. The van der Waals surface area contributed by atoms with Gasteiger partial charge in [0, 0.05) is 37.6 Å². The molecule has 1 aliphatic rings. The van der Waals surface area contributed by atoms with E-state index in [2.05, 4.69) is 10.3 Å². The van der Waals surface area contributed by atoms with Gasteiger partial charge in [0.25, 0.3) is 11.5 Å². The van der Waals surface area contributed by atoms with Gasteiger partial charge in [-0.05, 0) is 61.6 Å². The zero-order valence-corrected chi connectivity index (χ0v) is 19.9. The van der Waals surface area contributed by atoms with Gasteiger partial charge >= 0.3 is 0 Å². The number of likely N-dealkylation sites (tertiary alicyclic amines) is 1. The lowest BCUT2D eigenvalue weighted by Crippen LogP contribution is -2.39. The number of aromatic nitrogens is 2. The Labute approximate surface area is 200 Å². The van der Waals surface area contributed by atoms with Crippen LogP contribution in [0.4, 0.5) is 15.8 Å². The molecule has 0 atom stereocenters. The van der Waals surface area contributed by atoms with E-state index in [4.69, 9.17) is 0 Å². The van der Waals surface area contributed by atoms with Gasteiger partial charge in [0.05, 0.1) is 27.0 Å². The summed E-state index contributed by atoms with van der Waals surface area (Å²) >= 11 is 1.56. The lowest BCUT2D eigenvalue weighted by molar-refractivity contribution is 0.0713. The Morgan fingerprint density at radius 3 is 2.62 bits per heavy atom. The van der Waals surface area contributed by atoms with Gasteiger partial charge in [-0.15, -0.1) is 11.3 Å². The Balaban J connectivity index is 1.40. The highest BCUT2D eigenvalue weighted by atomic mass is 32.1. The van der Waals surface area contributed by atoms with Gasteiger partial charge in [0.1, 0.15) is 5.82 Å². The van der Waals surface area contributed by atoms with Gasteiger partial charge < -0.3 is 14.8 Å². The number of anilines is 2. The van der Waals surface area contributed by atoms with Crippen molar-refractivity contribution in [3.05, 3.63) is 87.0 Å². The highest BCUT2D eigenvalue weighted by molar-refractivity contribution is 7.16. The van der Waals surface area contributed by atoms with Crippen LogP contribution in [0.25, 0.3) is 10.2 Å². The first kappa shape index (κ1) is 22.3. The van der Waals surface area contributed by atoms with Crippen molar-refractivity contribution in [2.24, 2.45) is 7.05 Å². The third-order valence-electron chi connectivity index (χ3n) is 6.56. The molecule has 1 saturated heterocycles. The van der Waals surface area contributed by atoms with E-state index in [0.717, 1.165) is 34.3 Å². The number of pyridine rings is 1. The maximum Gasteiger partial charge on any atom is 0.257 e. The van der Waals surface area contributed by atoms with Crippen LogP contribution in [0.1, 0.15) is 40.2 Å². The average Bonchev–Trinajstić information content (AvgIpc) is 3.32. The zero-order chi connectivity index (χ0) is 23.8. The molecule has 0 aliphatic carbocycles. The van der Waals surface area contributed by atoms with E-state index in [1.54, 1.807) is 37.0 Å². The fraction of sp³-hybridized carbons (Fsp3) is 0.269. The normalized spacial score (nSPS) is 14.5. The number of halogens is 1. The van der Waals surface area contributed by atoms with E-state index in [1.807, 2.05) is 35.2 Å². The minimum atomic E-state index is -0.240. The van der Waals surface area contributed by atoms with Crippen LogP contribution in [0, 0.1) is 12.7 Å². The summed E-state index contributed by atoms with van der Waals surface area (Å²) in [6.45, 7) is 2.95. The van der Waals surface area contributed by atoms with E-state index in [9.17, 15) is 14.0 Å². The molecule has 2 aromatic carbocycles. The molecule has 174 valence electrons. The SMILES string of the molecule is Cc1c(Nc2ccc3scnc3c2)c(C(=O)N2CCC(c3ccc(F)cc3)CC2)cn(C)c1=O. The first-order chi connectivity index (χ1) is 16.4. The van der Waals surface area contributed by atoms with Gasteiger partial charge in [-0.2, -0.15) is 0 Å². The average molecular weight is 477 g/mol. The molecular formula is C26H25FN4O2S. The predicted octanol–water partition coefficient (Wildman–Crippen LogP) is 5.21. The van der Waals surface area contributed by atoms with Crippen LogP contribution in [-0.4, -0.2) is 33.4 Å². The molecular weight excluding hydrogens is 451 g/mol. The number of carbonyl (C=O) groups excluding carboxylic acids is 1. The molecule has 2 aromatic heterocycles. The molecule has 0 saturated carbocycles. The molecule has 4 aromatic rings. The predicted molar refractivity (Wildman–Crippen MR) is 134 cm³/mol. The Kier molecular flexibility index (Phi) is 5.91. The van der Waals surface area contributed by atoms with Gasteiger partial charge in [0.2, 0.25) is 0 Å². The standard InChI is InChI=1S/C26H25FN4O2S/c1-16-24(29-20-7-8-23-22(13-20)28-15-34-23)21(14-30(2)25(16)32)26(33)31-11-9-18(10-12-31)17-3-5-19(27)6-4-17/h3-8,13-15,18,29H,9-12H2,1-2H3. The van der Waals surface area contributed by atoms with E-state index >= 15 is 0 Å². The summed E-state index contributed by atoms with van der Waals surface area (Å²) in [5.41, 5.74) is 5.89. The highest BCUT2D eigenvalue weighted by Crippen LogP contribution is 2.31. The second-order valence-electron chi connectivity index (χ2n) is 8.74. The first-order valence-electron chi connectivity index (χ1n) is 11.3. The Morgan fingerprint density at radius 2 is 1.88 bits per heavy atom. The third kappa shape index (κ3) is 4.21. The molecule has 1 aliphatic heterocycles. The molecule has 1 fully saturated rings. The summed E-state index contributed by atoms with van der Waals surface area (Å²) in [6.07, 6.45) is 3.24. The number of benzene rings is 2. The molecule has 8 heteroatoms. The van der Waals surface area contributed by atoms with Crippen LogP contribution < -0.4 is 10.9 Å². The van der Waals surface area contributed by atoms with Crippen molar-refractivity contribution in [2.75, 3.05) is 18.4 Å². The van der Waals surface area contributed by atoms with Crippen LogP contribution in [0.2, 0.25) is 0 Å². The van der Waals surface area contributed by atoms with Crippen LogP contribution in [-0.2, 0) is 7.05 Å². The summed E-state index contributed by atoms with van der Waals surface area (Å²) < 4.78 is 15.8. The van der Waals surface area contributed by atoms with Crippen molar-refractivity contribution >= 4 is 38.8 Å². The Bertz CT molecular complexity index is 1420.